The van der Waals surface area contributed by atoms with Crippen molar-refractivity contribution in [1.82, 2.24) is 9.78 Å². The van der Waals surface area contributed by atoms with Crippen LogP contribution in [0.5, 0.6) is 0 Å². The molecule has 1 unspecified atom stereocenters. The Bertz CT molecular complexity index is 588. The van der Waals surface area contributed by atoms with Crippen LogP contribution in [0.25, 0.3) is 0 Å². The van der Waals surface area contributed by atoms with E-state index in [1.165, 1.54) is 0 Å². The first kappa shape index (κ1) is 15.7. The van der Waals surface area contributed by atoms with Gasteiger partial charge in [0, 0.05) is 16.9 Å². The molecule has 0 amide bonds. The molecule has 0 aliphatic rings. The monoisotopic (exact) mass is 400 g/mol. The van der Waals surface area contributed by atoms with Crippen molar-refractivity contribution in [3.8, 4) is 0 Å². The molecule has 0 spiro atoms. The fourth-order valence-corrected chi connectivity index (χ4v) is 3.28. The van der Waals surface area contributed by atoms with Crippen LogP contribution in [0.15, 0.2) is 39.4 Å². The van der Waals surface area contributed by atoms with E-state index in [2.05, 4.69) is 50.8 Å². The zero-order valence-electron chi connectivity index (χ0n) is 11.8. The zero-order chi connectivity index (χ0) is 14.9. The molecular formula is C15H18Br2N2O. The minimum atomic E-state index is -0.979. The third kappa shape index (κ3) is 3.32. The summed E-state index contributed by atoms with van der Waals surface area (Å²) in [4.78, 5) is 0. The number of nitrogens with zero attached hydrogens (tertiary/aromatic N) is 2. The van der Waals surface area contributed by atoms with Crippen LogP contribution in [0.4, 0.5) is 0 Å². The quantitative estimate of drug-likeness (QED) is 0.822. The summed E-state index contributed by atoms with van der Waals surface area (Å²) in [6, 6.07) is 8.21. The Morgan fingerprint density at radius 1 is 1.25 bits per heavy atom. The Hall–Kier alpha value is -0.650. The van der Waals surface area contributed by atoms with E-state index in [4.69, 9.17) is 0 Å². The number of hydrogen-bond acceptors (Lipinski definition) is 2. The maximum Gasteiger partial charge on any atom is 0.109 e. The Balaban J connectivity index is 2.35. The minimum Gasteiger partial charge on any atom is -0.383 e. The third-order valence-electron chi connectivity index (χ3n) is 3.21. The molecule has 0 saturated carbocycles. The lowest BCUT2D eigenvalue weighted by Crippen LogP contribution is -2.29. The molecule has 1 aromatic carbocycles. The highest BCUT2D eigenvalue weighted by Crippen LogP contribution is 2.33. The van der Waals surface area contributed by atoms with Gasteiger partial charge in [0.1, 0.15) is 5.60 Å². The van der Waals surface area contributed by atoms with E-state index in [0.717, 1.165) is 20.2 Å². The standard InChI is InChI=1S/C15H18Br2N2O/c1-10(2)19-14(13(17)9-18-19)15(3,20)8-11-4-6-12(16)7-5-11/h4-7,9-10,20H,8H2,1-3H3. The largest absolute Gasteiger partial charge is 0.383 e. The normalized spacial score (nSPS) is 14.6. The van der Waals surface area contributed by atoms with Crippen LogP contribution in [0, 0.1) is 0 Å². The molecule has 1 N–H and O–H groups in total. The van der Waals surface area contributed by atoms with Crippen LogP contribution in [0.1, 0.15) is 38.1 Å². The summed E-state index contributed by atoms with van der Waals surface area (Å²) < 4.78 is 3.74. The average Bonchev–Trinajstić information content (AvgIpc) is 2.75. The first-order valence-corrected chi connectivity index (χ1v) is 8.10. The molecule has 0 aliphatic carbocycles. The predicted molar refractivity (Wildman–Crippen MR) is 87.7 cm³/mol. The summed E-state index contributed by atoms with van der Waals surface area (Å²) in [5.74, 6) is 0. The van der Waals surface area contributed by atoms with Gasteiger partial charge in [0.05, 0.1) is 16.4 Å². The molecule has 0 fully saturated rings. The second-order valence-electron chi connectivity index (χ2n) is 5.46. The summed E-state index contributed by atoms with van der Waals surface area (Å²) in [5, 5.41) is 15.2. The zero-order valence-corrected chi connectivity index (χ0v) is 14.9. The Labute approximate surface area is 136 Å². The molecule has 2 rings (SSSR count). The number of aliphatic hydroxyl groups is 1. The minimum absolute atomic E-state index is 0.202. The van der Waals surface area contributed by atoms with Crippen molar-refractivity contribution in [1.29, 1.82) is 0 Å². The lowest BCUT2D eigenvalue weighted by Gasteiger charge is -2.26. The summed E-state index contributed by atoms with van der Waals surface area (Å²) in [6.45, 7) is 5.94. The van der Waals surface area contributed by atoms with Gasteiger partial charge in [-0.1, -0.05) is 28.1 Å². The van der Waals surface area contributed by atoms with E-state index in [9.17, 15) is 5.11 Å². The van der Waals surface area contributed by atoms with Crippen LogP contribution < -0.4 is 0 Å². The molecular weight excluding hydrogens is 384 g/mol. The number of aromatic nitrogens is 2. The van der Waals surface area contributed by atoms with Crippen LogP contribution in [-0.2, 0) is 12.0 Å². The van der Waals surface area contributed by atoms with Crippen molar-refractivity contribution in [3.63, 3.8) is 0 Å². The number of benzene rings is 1. The smallest absolute Gasteiger partial charge is 0.109 e. The van der Waals surface area contributed by atoms with Crippen LogP contribution in [-0.4, -0.2) is 14.9 Å². The van der Waals surface area contributed by atoms with Gasteiger partial charge in [-0.05, 0) is 54.4 Å². The highest BCUT2D eigenvalue weighted by atomic mass is 79.9. The summed E-state index contributed by atoms with van der Waals surface area (Å²) in [7, 11) is 0. The van der Waals surface area contributed by atoms with Gasteiger partial charge in [0.2, 0.25) is 0 Å². The summed E-state index contributed by atoms with van der Waals surface area (Å²) in [5.41, 5.74) is 0.921. The average molecular weight is 402 g/mol. The molecule has 20 heavy (non-hydrogen) atoms. The molecule has 0 aliphatic heterocycles. The van der Waals surface area contributed by atoms with Gasteiger partial charge >= 0.3 is 0 Å². The topological polar surface area (TPSA) is 38.0 Å². The van der Waals surface area contributed by atoms with Gasteiger partial charge in [-0.2, -0.15) is 5.10 Å². The molecule has 3 nitrogen and oxygen atoms in total. The Morgan fingerprint density at radius 3 is 2.40 bits per heavy atom. The molecule has 2 aromatic rings. The van der Waals surface area contributed by atoms with Crippen LogP contribution in [0.2, 0.25) is 0 Å². The molecule has 1 aromatic heterocycles. The Kier molecular flexibility index (Phi) is 4.72. The molecule has 0 bridgehead atoms. The van der Waals surface area contributed by atoms with E-state index in [1.807, 2.05) is 35.9 Å². The van der Waals surface area contributed by atoms with Gasteiger partial charge in [-0.25, -0.2) is 0 Å². The molecule has 108 valence electrons. The predicted octanol–water partition coefficient (Wildman–Crippen LogP) is 4.44. The van der Waals surface area contributed by atoms with Crippen LogP contribution in [0.3, 0.4) is 0 Å². The van der Waals surface area contributed by atoms with E-state index < -0.39 is 5.60 Å². The fourth-order valence-electron chi connectivity index (χ4n) is 2.32. The van der Waals surface area contributed by atoms with Crippen molar-refractivity contribution in [2.45, 2.75) is 38.8 Å². The number of rotatable bonds is 4. The third-order valence-corrected chi connectivity index (χ3v) is 4.32. The van der Waals surface area contributed by atoms with Gasteiger partial charge in [0.25, 0.3) is 0 Å². The first-order valence-electron chi connectivity index (χ1n) is 6.51. The van der Waals surface area contributed by atoms with E-state index in [0.29, 0.717) is 6.42 Å². The lowest BCUT2D eigenvalue weighted by atomic mass is 9.93. The SMILES string of the molecule is CC(C)n1ncc(Br)c1C(C)(O)Cc1ccc(Br)cc1. The van der Waals surface area contributed by atoms with Crippen LogP contribution >= 0.6 is 31.9 Å². The molecule has 0 radical (unpaired) electrons. The number of halogens is 2. The van der Waals surface area contributed by atoms with Crippen molar-refractivity contribution < 1.29 is 5.11 Å². The van der Waals surface area contributed by atoms with E-state index in [1.54, 1.807) is 6.20 Å². The van der Waals surface area contributed by atoms with Gasteiger partial charge in [0.15, 0.2) is 0 Å². The van der Waals surface area contributed by atoms with Crippen molar-refractivity contribution >= 4 is 31.9 Å². The maximum absolute atomic E-state index is 10.9. The van der Waals surface area contributed by atoms with Gasteiger partial charge < -0.3 is 5.11 Å². The Morgan fingerprint density at radius 2 is 1.85 bits per heavy atom. The lowest BCUT2D eigenvalue weighted by molar-refractivity contribution is 0.0458. The van der Waals surface area contributed by atoms with E-state index in [-0.39, 0.29) is 6.04 Å². The molecule has 5 heteroatoms. The summed E-state index contributed by atoms with van der Waals surface area (Å²) in [6.07, 6.45) is 2.28. The highest BCUT2D eigenvalue weighted by Gasteiger charge is 2.31. The van der Waals surface area contributed by atoms with Gasteiger partial charge in [-0.15, -0.1) is 0 Å². The maximum atomic E-state index is 10.9. The molecule has 1 atom stereocenters. The summed E-state index contributed by atoms with van der Waals surface area (Å²) >= 11 is 6.92. The highest BCUT2D eigenvalue weighted by molar-refractivity contribution is 9.10. The van der Waals surface area contributed by atoms with Crippen molar-refractivity contribution in [2.24, 2.45) is 0 Å². The molecule has 0 saturated heterocycles. The number of hydrogen-bond donors (Lipinski definition) is 1. The second-order valence-corrected chi connectivity index (χ2v) is 7.23. The molecule has 1 heterocycles. The van der Waals surface area contributed by atoms with Crippen molar-refractivity contribution in [3.05, 3.63) is 50.7 Å². The van der Waals surface area contributed by atoms with E-state index >= 15 is 0 Å². The second kappa shape index (κ2) is 6.00. The fraction of sp³-hybridized carbons (Fsp3) is 0.400. The first-order chi connectivity index (χ1) is 9.31. The van der Waals surface area contributed by atoms with Gasteiger partial charge in [-0.3, -0.25) is 4.68 Å². The van der Waals surface area contributed by atoms with Crippen molar-refractivity contribution in [2.75, 3.05) is 0 Å².